The van der Waals surface area contributed by atoms with E-state index in [-0.39, 0.29) is 10.3 Å². The number of hydrogen-bond donors (Lipinski definition) is 1. The van der Waals surface area contributed by atoms with Gasteiger partial charge >= 0.3 is 0 Å². The van der Waals surface area contributed by atoms with Crippen molar-refractivity contribution in [3.05, 3.63) is 28.0 Å². The van der Waals surface area contributed by atoms with Crippen molar-refractivity contribution in [1.29, 1.82) is 0 Å². The first kappa shape index (κ1) is 10.7. The highest BCUT2D eigenvalue weighted by atomic mass is 79.9. The van der Waals surface area contributed by atoms with Crippen molar-refractivity contribution in [3.8, 4) is 12.3 Å². The van der Waals surface area contributed by atoms with E-state index in [1.54, 1.807) is 6.92 Å². The summed E-state index contributed by atoms with van der Waals surface area (Å²) in [5.74, 6) is 0.992. The van der Waals surface area contributed by atoms with Crippen LogP contribution in [-0.4, -0.2) is 5.91 Å². The number of halogens is 2. The third kappa shape index (κ3) is 2.33. The number of carbonyl (C=O) groups is 1. The molecule has 1 N–H and O–H groups in total. The molecule has 0 aromatic heterocycles. The van der Waals surface area contributed by atoms with Crippen LogP contribution >= 0.6 is 15.9 Å². The maximum absolute atomic E-state index is 13.0. The molecule has 14 heavy (non-hydrogen) atoms. The Hall–Kier alpha value is -1.34. The minimum Gasteiger partial charge on any atom is -0.315 e. The highest BCUT2D eigenvalue weighted by Crippen LogP contribution is 2.23. The van der Waals surface area contributed by atoms with Crippen LogP contribution in [0.1, 0.15) is 5.56 Å². The third-order valence-corrected chi connectivity index (χ3v) is 2.25. The average Bonchev–Trinajstić information content (AvgIpc) is 2.14. The lowest BCUT2D eigenvalue weighted by atomic mass is 10.2. The minimum atomic E-state index is -0.549. The quantitative estimate of drug-likeness (QED) is 0.768. The van der Waals surface area contributed by atoms with Gasteiger partial charge in [-0.1, -0.05) is 0 Å². The zero-order chi connectivity index (χ0) is 10.7. The molecule has 0 unspecified atom stereocenters. The summed E-state index contributed by atoms with van der Waals surface area (Å²) in [5, 5.41) is 2.46. The van der Waals surface area contributed by atoms with Crippen LogP contribution in [0.15, 0.2) is 16.6 Å². The summed E-state index contributed by atoms with van der Waals surface area (Å²) in [5.41, 5.74) is 1.12. The van der Waals surface area contributed by atoms with Gasteiger partial charge < -0.3 is 5.32 Å². The van der Waals surface area contributed by atoms with Gasteiger partial charge in [0, 0.05) is 5.69 Å². The first-order valence-electron chi connectivity index (χ1n) is 3.78. The van der Waals surface area contributed by atoms with Gasteiger partial charge in [-0.3, -0.25) is 4.79 Å². The maximum atomic E-state index is 13.0. The van der Waals surface area contributed by atoms with Crippen molar-refractivity contribution in [2.45, 2.75) is 6.92 Å². The van der Waals surface area contributed by atoms with Crippen LogP contribution in [0.25, 0.3) is 0 Å². The Morgan fingerprint density at radius 2 is 2.29 bits per heavy atom. The van der Waals surface area contributed by atoms with Crippen LogP contribution in [-0.2, 0) is 4.79 Å². The van der Waals surface area contributed by atoms with Gasteiger partial charge in [0.25, 0.3) is 5.91 Å². The number of carbonyl (C=O) groups excluding carboxylic acids is 1. The van der Waals surface area contributed by atoms with Gasteiger partial charge in [-0.25, -0.2) is 4.39 Å². The summed E-state index contributed by atoms with van der Waals surface area (Å²) in [6.07, 6.45) is 4.89. The number of hydrogen-bond acceptors (Lipinski definition) is 1. The van der Waals surface area contributed by atoms with Crippen molar-refractivity contribution < 1.29 is 9.18 Å². The van der Waals surface area contributed by atoms with E-state index in [1.807, 2.05) is 5.92 Å². The number of amides is 1. The monoisotopic (exact) mass is 255 g/mol. The Labute approximate surface area is 89.6 Å². The number of rotatable bonds is 1. The lowest BCUT2D eigenvalue weighted by molar-refractivity contribution is -0.111. The van der Waals surface area contributed by atoms with Crippen molar-refractivity contribution in [1.82, 2.24) is 0 Å². The molecule has 0 spiro atoms. The van der Waals surface area contributed by atoms with Crippen LogP contribution in [0.3, 0.4) is 0 Å². The molecular weight excluding hydrogens is 249 g/mol. The molecule has 4 heteroatoms. The second-order valence-electron chi connectivity index (χ2n) is 2.68. The predicted octanol–water partition coefficient (Wildman–Crippen LogP) is 2.47. The Balaban J connectivity index is 3.05. The molecule has 72 valence electrons. The molecule has 0 aliphatic heterocycles. The molecule has 0 aliphatic carbocycles. The number of nitrogens with one attached hydrogen (secondary N) is 1. The van der Waals surface area contributed by atoms with Crippen molar-refractivity contribution in [2.75, 3.05) is 5.32 Å². The van der Waals surface area contributed by atoms with E-state index in [0.29, 0.717) is 11.3 Å². The molecule has 0 heterocycles. The van der Waals surface area contributed by atoms with Gasteiger partial charge in [0.15, 0.2) is 0 Å². The van der Waals surface area contributed by atoms with Crippen LogP contribution in [0.2, 0.25) is 0 Å². The van der Waals surface area contributed by atoms with E-state index >= 15 is 0 Å². The molecule has 0 aliphatic rings. The summed E-state index contributed by atoms with van der Waals surface area (Å²) in [6, 6.07) is 2.79. The molecule has 1 aromatic rings. The van der Waals surface area contributed by atoms with Crippen LogP contribution in [0, 0.1) is 25.1 Å². The number of anilines is 1. The second kappa shape index (κ2) is 4.25. The minimum absolute atomic E-state index is 0.287. The average molecular weight is 256 g/mol. The lowest BCUT2D eigenvalue weighted by Crippen LogP contribution is -2.09. The van der Waals surface area contributed by atoms with E-state index in [4.69, 9.17) is 6.42 Å². The SMILES string of the molecule is C#CC(=O)Nc1cc(Br)c(F)cc1C. The zero-order valence-electron chi connectivity index (χ0n) is 7.40. The lowest BCUT2D eigenvalue weighted by Gasteiger charge is -2.06. The molecule has 0 atom stereocenters. The highest BCUT2D eigenvalue weighted by molar-refractivity contribution is 9.10. The summed E-state index contributed by atoms with van der Waals surface area (Å²) in [7, 11) is 0. The number of terminal acetylenes is 1. The Bertz CT molecular complexity index is 423. The van der Waals surface area contributed by atoms with Gasteiger partial charge in [0.2, 0.25) is 0 Å². The summed E-state index contributed by atoms with van der Waals surface area (Å²) < 4.78 is 13.3. The largest absolute Gasteiger partial charge is 0.315 e. The van der Waals surface area contributed by atoms with Crippen LogP contribution < -0.4 is 5.32 Å². The summed E-state index contributed by atoms with van der Waals surface area (Å²) >= 11 is 3.01. The molecule has 1 amide bonds. The fraction of sp³-hybridized carbons (Fsp3) is 0.100. The van der Waals surface area contributed by atoms with Gasteiger partial charge in [0.1, 0.15) is 5.82 Å². The second-order valence-corrected chi connectivity index (χ2v) is 3.53. The molecule has 0 bridgehead atoms. The van der Waals surface area contributed by atoms with Crippen molar-refractivity contribution >= 4 is 27.5 Å². The normalized spacial score (nSPS) is 9.29. The zero-order valence-corrected chi connectivity index (χ0v) is 8.98. The van der Waals surface area contributed by atoms with Crippen molar-refractivity contribution in [3.63, 3.8) is 0 Å². The Morgan fingerprint density at radius 1 is 1.64 bits per heavy atom. The molecule has 0 radical (unpaired) electrons. The molecule has 0 fully saturated rings. The fourth-order valence-corrected chi connectivity index (χ4v) is 1.28. The van der Waals surface area contributed by atoms with Gasteiger partial charge in [-0.05, 0) is 46.5 Å². The van der Waals surface area contributed by atoms with E-state index < -0.39 is 5.91 Å². The Morgan fingerprint density at radius 3 is 2.86 bits per heavy atom. The first-order chi connectivity index (χ1) is 6.54. The van der Waals surface area contributed by atoms with E-state index in [2.05, 4.69) is 21.2 Å². The van der Waals surface area contributed by atoms with E-state index in [0.717, 1.165) is 0 Å². The highest BCUT2D eigenvalue weighted by Gasteiger charge is 2.06. The predicted molar refractivity (Wildman–Crippen MR) is 56.3 cm³/mol. The standard InChI is InChI=1S/C10H7BrFNO/c1-3-10(14)13-9-5-7(11)8(12)4-6(9)2/h1,4-5H,2H3,(H,13,14). The topological polar surface area (TPSA) is 29.1 Å². The van der Waals surface area contributed by atoms with E-state index in [9.17, 15) is 9.18 Å². The molecule has 1 aromatic carbocycles. The van der Waals surface area contributed by atoms with Gasteiger partial charge in [-0.15, -0.1) is 6.42 Å². The first-order valence-corrected chi connectivity index (χ1v) is 4.57. The van der Waals surface area contributed by atoms with Gasteiger partial charge in [-0.2, -0.15) is 0 Å². The molecular formula is C10H7BrFNO. The molecule has 2 nitrogen and oxygen atoms in total. The van der Waals surface area contributed by atoms with Crippen LogP contribution in [0.5, 0.6) is 0 Å². The molecule has 0 saturated heterocycles. The molecule has 1 rings (SSSR count). The maximum Gasteiger partial charge on any atom is 0.300 e. The number of benzene rings is 1. The van der Waals surface area contributed by atoms with Crippen LogP contribution in [0.4, 0.5) is 10.1 Å². The summed E-state index contributed by atoms with van der Waals surface area (Å²) in [4.78, 5) is 10.9. The fourth-order valence-electron chi connectivity index (χ4n) is 0.939. The van der Waals surface area contributed by atoms with E-state index in [1.165, 1.54) is 12.1 Å². The van der Waals surface area contributed by atoms with Crippen molar-refractivity contribution in [2.24, 2.45) is 0 Å². The molecule has 0 saturated carbocycles. The van der Waals surface area contributed by atoms with Gasteiger partial charge in [0.05, 0.1) is 4.47 Å². The number of aryl methyl sites for hydroxylation is 1. The summed E-state index contributed by atoms with van der Waals surface area (Å²) in [6.45, 7) is 1.68. The Kier molecular flexibility index (Phi) is 3.26. The smallest absolute Gasteiger partial charge is 0.300 e. The third-order valence-electron chi connectivity index (χ3n) is 1.65.